The second kappa shape index (κ2) is 4.19. The Morgan fingerprint density at radius 2 is 2.00 bits per heavy atom. The molecule has 0 N–H and O–H groups in total. The van der Waals surface area contributed by atoms with Crippen molar-refractivity contribution in [3.8, 4) is 0 Å². The minimum atomic E-state index is 0. The number of aryl methyl sites for hydroxylation is 1. The van der Waals surface area contributed by atoms with Crippen molar-refractivity contribution in [3.63, 3.8) is 0 Å². The number of hydrogen-bond acceptors (Lipinski definition) is 0. The van der Waals surface area contributed by atoms with Crippen molar-refractivity contribution in [2.45, 2.75) is 6.92 Å². The molecule has 0 saturated heterocycles. The van der Waals surface area contributed by atoms with Gasteiger partial charge in [-0.2, -0.15) is 0 Å². The summed E-state index contributed by atoms with van der Waals surface area (Å²) in [7, 11) is 0. The molecule has 0 bridgehead atoms. The predicted molar refractivity (Wildman–Crippen MR) is 41.1 cm³/mol. The Kier molecular flexibility index (Phi) is 4.34. The van der Waals surface area contributed by atoms with Crippen LogP contribution in [-0.2, 0) is 18.3 Å². The third-order valence-corrected chi connectivity index (χ3v) is 2.01. The van der Waals surface area contributed by atoms with E-state index in [2.05, 4.69) is 31.2 Å². The number of benzene rings is 1. The molecule has 1 aromatic rings. The van der Waals surface area contributed by atoms with Crippen LogP contribution in [0.5, 0.6) is 0 Å². The average molecular weight is 237 g/mol. The van der Waals surface area contributed by atoms with E-state index in [-0.39, 0.29) is 17.0 Å². The van der Waals surface area contributed by atoms with E-state index in [4.69, 9.17) is 0 Å². The maximum atomic E-state index is 2.22. The van der Waals surface area contributed by atoms with Crippen LogP contribution < -0.4 is 4.16 Å². The van der Waals surface area contributed by atoms with Crippen molar-refractivity contribution < 1.29 is 18.3 Å². The molecular weight excluding hydrogens is 229 g/mol. The molecule has 0 saturated carbocycles. The molecule has 2 heteroatoms. The van der Waals surface area contributed by atoms with Crippen molar-refractivity contribution in [2.24, 2.45) is 0 Å². The van der Waals surface area contributed by atoms with Crippen LogP contribution in [0, 0.1) is 6.92 Å². The number of halogens is 1. The van der Waals surface area contributed by atoms with Gasteiger partial charge in [0, 0.05) is 0 Å². The molecule has 0 radical (unpaired) electrons. The summed E-state index contributed by atoms with van der Waals surface area (Å²) in [6.07, 6.45) is 0. The van der Waals surface area contributed by atoms with Gasteiger partial charge in [-0.3, -0.25) is 0 Å². The van der Waals surface area contributed by atoms with Crippen LogP contribution in [0.4, 0.5) is 0 Å². The van der Waals surface area contributed by atoms with Crippen molar-refractivity contribution in [2.75, 3.05) is 0 Å². The van der Waals surface area contributed by atoms with Gasteiger partial charge in [-0.25, -0.2) is 0 Å². The maximum absolute atomic E-state index is 2.22. The molecule has 1 rings (SSSR count). The number of hydrogen-bond donors (Lipinski definition) is 0. The first kappa shape index (κ1) is 9.32. The van der Waals surface area contributed by atoms with Crippen LogP contribution in [0.1, 0.15) is 5.56 Å². The first-order valence-corrected chi connectivity index (χ1v) is 4.16. The Morgan fingerprint density at radius 3 is 2.33 bits per heavy atom. The molecule has 0 atom stereocenters. The van der Waals surface area contributed by atoms with E-state index < -0.39 is 0 Å². The quantitative estimate of drug-likeness (QED) is 0.603. The van der Waals surface area contributed by atoms with E-state index >= 15 is 0 Å². The molecule has 0 aliphatic heterocycles. The van der Waals surface area contributed by atoms with Gasteiger partial charge in [0.05, 0.1) is 0 Å². The fourth-order valence-corrected chi connectivity index (χ4v) is 1.67. The summed E-state index contributed by atoms with van der Waals surface area (Å²) in [4.78, 5) is 0. The van der Waals surface area contributed by atoms with E-state index in [1.54, 1.807) is 0 Å². The van der Waals surface area contributed by atoms with Gasteiger partial charge in [-0.05, 0) is 0 Å². The Morgan fingerprint density at radius 1 is 1.33 bits per heavy atom. The van der Waals surface area contributed by atoms with Gasteiger partial charge < -0.3 is 0 Å². The Labute approximate surface area is 76.1 Å². The molecule has 0 fully saturated rings. The summed E-state index contributed by atoms with van der Waals surface area (Å²) in [5.74, 6) is 0. The van der Waals surface area contributed by atoms with Crippen LogP contribution in [0.15, 0.2) is 24.3 Å². The van der Waals surface area contributed by atoms with Crippen molar-refractivity contribution in [1.82, 2.24) is 0 Å². The molecule has 0 nitrogen and oxygen atoms in total. The molecule has 0 spiro atoms. The SMILES string of the molecule is Br.Cc1ccc[c]([Zn])c1. The average Bonchev–Trinajstić information content (AvgIpc) is 1.64. The molecule has 0 aliphatic rings. The van der Waals surface area contributed by atoms with Gasteiger partial charge in [0.15, 0.2) is 0 Å². The summed E-state index contributed by atoms with van der Waals surface area (Å²) in [6.45, 7) is 2.12. The normalized spacial score (nSPS) is 8.33. The molecular formula is C7H8BrZn. The van der Waals surface area contributed by atoms with E-state index in [1.165, 1.54) is 28.0 Å². The van der Waals surface area contributed by atoms with Crippen LogP contribution in [0.25, 0.3) is 0 Å². The second-order valence-electron chi connectivity index (χ2n) is 1.99. The minimum absolute atomic E-state index is 0. The van der Waals surface area contributed by atoms with E-state index in [9.17, 15) is 0 Å². The van der Waals surface area contributed by atoms with Gasteiger partial charge >= 0.3 is 59.2 Å². The zero-order chi connectivity index (χ0) is 5.98. The Hall–Kier alpha value is 0.323. The first-order chi connectivity index (χ1) is 3.79. The molecule has 9 heavy (non-hydrogen) atoms. The van der Waals surface area contributed by atoms with E-state index in [1.807, 2.05) is 0 Å². The third-order valence-electron chi connectivity index (χ3n) is 1.08. The molecule has 0 aromatic heterocycles. The fourth-order valence-electron chi connectivity index (χ4n) is 0.712. The van der Waals surface area contributed by atoms with Gasteiger partial charge in [0.1, 0.15) is 0 Å². The van der Waals surface area contributed by atoms with Crippen LogP contribution in [0.3, 0.4) is 0 Å². The van der Waals surface area contributed by atoms with Crippen LogP contribution in [0.2, 0.25) is 0 Å². The van der Waals surface area contributed by atoms with Crippen LogP contribution in [-0.4, -0.2) is 0 Å². The summed E-state index contributed by atoms with van der Waals surface area (Å²) in [5, 5.41) is 0. The third kappa shape index (κ3) is 3.12. The monoisotopic (exact) mass is 235 g/mol. The van der Waals surface area contributed by atoms with Crippen molar-refractivity contribution in [1.29, 1.82) is 0 Å². The molecule has 1 aromatic carbocycles. The summed E-state index contributed by atoms with van der Waals surface area (Å²) in [5.41, 5.74) is 1.37. The van der Waals surface area contributed by atoms with E-state index in [0.29, 0.717) is 0 Å². The molecule has 0 unspecified atom stereocenters. The van der Waals surface area contributed by atoms with Gasteiger partial charge in [0.2, 0.25) is 0 Å². The summed E-state index contributed by atoms with van der Waals surface area (Å²) < 4.78 is 1.46. The van der Waals surface area contributed by atoms with E-state index in [0.717, 1.165) is 0 Å². The first-order valence-electron chi connectivity index (χ1n) is 2.67. The molecule has 0 heterocycles. The fraction of sp³-hybridized carbons (Fsp3) is 0.143. The van der Waals surface area contributed by atoms with Gasteiger partial charge in [0.25, 0.3) is 0 Å². The molecule has 0 amide bonds. The molecule has 0 aliphatic carbocycles. The standard InChI is InChI=1S/C7H7.BrH.Zn/c1-7-5-3-2-4-6-7;;/h2-3,5-6H,1H3;1H;. The second-order valence-corrected chi connectivity index (χ2v) is 3.70. The molecule has 45 valence electrons. The Bertz CT molecular complexity index is 169. The van der Waals surface area contributed by atoms with Gasteiger partial charge in [-0.15, -0.1) is 17.0 Å². The zero-order valence-corrected chi connectivity index (χ0v) is 10.1. The van der Waals surface area contributed by atoms with Gasteiger partial charge in [-0.1, -0.05) is 0 Å². The predicted octanol–water partition coefficient (Wildman–Crippen LogP) is 1.75. The number of rotatable bonds is 0. The zero-order valence-electron chi connectivity index (χ0n) is 5.42. The van der Waals surface area contributed by atoms with Crippen molar-refractivity contribution in [3.05, 3.63) is 29.8 Å². The summed E-state index contributed by atoms with van der Waals surface area (Å²) in [6, 6.07) is 8.61. The topological polar surface area (TPSA) is 0 Å². The van der Waals surface area contributed by atoms with Crippen LogP contribution >= 0.6 is 17.0 Å². The Balaban J connectivity index is 0.000000640. The van der Waals surface area contributed by atoms with Crippen molar-refractivity contribution >= 4 is 21.1 Å². The summed E-state index contributed by atoms with van der Waals surface area (Å²) >= 11 is 1.27.